The zero-order valence-electron chi connectivity index (χ0n) is 31.9. The van der Waals surface area contributed by atoms with E-state index >= 15 is 0 Å². The summed E-state index contributed by atoms with van der Waals surface area (Å²) < 4.78 is 84.1. The van der Waals surface area contributed by atoms with Gasteiger partial charge in [-0.1, -0.05) is 46.8 Å². The van der Waals surface area contributed by atoms with Crippen LogP contribution in [0.3, 0.4) is 0 Å². The predicted molar refractivity (Wildman–Crippen MR) is 208 cm³/mol. The molecular formula is C40H37F5N10O6. The van der Waals surface area contributed by atoms with E-state index in [1.807, 2.05) is 24.3 Å². The van der Waals surface area contributed by atoms with Crippen molar-refractivity contribution >= 4 is 23.2 Å². The molecule has 0 saturated carbocycles. The molecule has 2 atom stereocenters. The molecule has 2 aromatic heterocycles. The SMILES string of the molecule is O=C(Nc1ccc([C@H]2CNCCO2)cc1)c1cn(-c2cccc(OC(F)(F)F)c2)nn1.O=C(Nc1ccc([C@H]2CNCCO2)cc1)c1cn(-c2cccc(OC(F)F)c2)nn1. The Hall–Kier alpha value is -6.81. The molecule has 0 radical (unpaired) electrons. The molecule has 0 spiro atoms. The Bertz CT molecular complexity index is 2380. The average Bonchev–Trinajstić information content (AvgIpc) is 3.97. The van der Waals surface area contributed by atoms with Crippen LogP contribution in [0.2, 0.25) is 0 Å². The van der Waals surface area contributed by atoms with Gasteiger partial charge in [-0.3, -0.25) is 9.59 Å². The Morgan fingerprint density at radius 3 is 1.57 bits per heavy atom. The second-order valence-corrected chi connectivity index (χ2v) is 13.3. The number of anilines is 2. The van der Waals surface area contributed by atoms with Crippen LogP contribution in [0.4, 0.5) is 33.3 Å². The molecule has 0 bridgehead atoms. The number of alkyl halides is 5. The third-order valence-corrected chi connectivity index (χ3v) is 9.01. The second-order valence-electron chi connectivity index (χ2n) is 13.3. The van der Waals surface area contributed by atoms with Crippen molar-refractivity contribution in [3.05, 3.63) is 132 Å². The van der Waals surface area contributed by atoms with Crippen molar-refractivity contribution in [1.82, 2.24) is 40.6 Å². The van der Waals surface area contributed by atoms with Crippen LogP contribution in [0, 0.1) is 0 Å². The highest BCUT2D eigenvalue weighted by Gasteiger charge is 2.31. The van der Waals surface area contributed by atoms with Crippen LogP contribution in [0.5, 0.6) is 11.5 Å². The largest absolute Gasteiger partial charge is 0.573 e. The third kappa shape index (κ3) is 11.9. The van der Waals surface area contributed by atoms with Crippen LogP contribution in [0.15, 0.2) is 109 Å². The number of benzene rings is 4. The minimum atomic E-state index is -4.80. The Morgan fingerprint density at radius 2 is 1.15 bits per heavy atom. The van der Waals surface area contributed by atoms with E-state index in [1.165, 1.54) is 52.1 Å². The van der Waals surface area contributed by atoms with Gasteiger partial charge in [0.05, 0.1) is 49.2 Å². The number of morpholine rings is 2. The zero-order chi connectivity index (χ0) is 42.8. The number of amides is 2. The second kappa shape index (κ2) is 19.5. The molecule has 0 unspecified atom stereocenters. The van der Waals surface area contributed by atoms with Crippen molar-refractivity contribution in [2.24, 2.45) is 0 Å². The van der Waals surface area contributed by atoms with Crippen molar-refractivity contribution in [3.63, 3.8) is 0 Å². The fourth-order valence-electron chi connectivity index (χ4n) is 6.12. The summed E-state index contributed by atoms with van der Waals surface area (Å²) in [4.78, 5) is 24.9. The molecule has 61 heavy (non-hydrogen) atoms. The monoisotopic (exact) mass is 848 g/mol. The van der Waals surface area contributed by atoms with Crippen LogP contribution in [-0.2, 0) is 9.47 Å². The Morgan fingerprint density at radius 1 is 0.689 bits per heavy atom. The molecule has 16 nitrogen and oxygen atoms in total. The maximum Gasteiger partial charge on any atom is 0.573 e. The topological polar surface area (TPSA) is 181 Å². The smallest absolute Gasteiger partial charge is 0.435 e. The van der Waals surface area contributed by atoms with Crippen LogP contribution in [-0.4, -0.2) is 94.2 Å². The molecular weight excluding hydrogens is 811 g/mol. The summed E-state index contributed by atoms with van der Waals surface area (Å²) in [5, 5.41) is 27.3. The minimum Gasteiger partial charge on any atom is -0.435 e. The van der Waals surface area contributed by atoms with Gasteiger partial charge < -0.3 is 40.2 Å². The van der Waals surface area contributed by atoms with Gasteiger partial charge in [-0.15, -0.1) is 23.4 Å². The maximum atomic E-state index is 12.5. The number of carbonyl (C=O) groups excluding carboxylic acids is 2. The lowest BCUT2D eigenvalue weighted by atomic mass is 10.1. The first kappa shape index (κ1) is 42.3. The Balaban J connectivity index is 0.000000184. The lowest BCUT2D eigenvalue weighted by Gasteiger charge is -2.24. The van der Waals surface area contributed by atoms with Crippen molar-refractivity contribution in [2.45, 2.75) is 25.2 Å². The molecule has 2 aliphatic heterocycles. The molecule has 4 N–H and O–H groups in total. The Kier molecular flexibility index (Phi) is 13.5. The summed E-state index contributed by atoms with van der Waals surface area (Å²) >= 11 is 0. The molecule has 0 aliphatic carbocycles. The first-order valence-corrected chi connectivity index (χ1v) is 18.7. The summed E-state index contributed by atoms with van der Waals surface area (Å²) in [5.74, 6) is -1.35. The number of aromatic nitrogens is 6. The normalized spacial score (nSPS) is 16.6. The number of hydrogen-bond acceptors (Lipinski definition) is 12. The van der Waals surface area contributed by atoms with Crippen LogP contribution in [0.25, 0.3) is 11.4 Å². The van der Waals surface area contributed by atoms with Gasteiger partial charge in [-0.2, -0.15) is 8.78 Å². The molecule has 318 valence electrons. The van der Waals surface area contributed by atoms with E-state index in [4.69, 9.17) is 9.47 Å². The number of nitrogens with zero attached hydrogens (tertiary/aromatic N) is 6. The van der Waals surface area contributed by atoms with Gasteiger partial charge in [-0.05, 0) is 59.7 Å². The van der Waals surface area contributed by atoms with E-state index < -0.39 is 30.5 Å². The van der Waals surface area contributed by atoms with Gasteiger partial charge in [0.2, 0.25) is 0 Å². The molecule has 6 aromatic rings. The van der Waals surface area contributed by atoms with E-state index in [0.29, 0.717) is 30.3 Å². The van der Waals surface area contributed by atoms with Gasteiger partial charge in [0.1, 0.15) is 11.5 Å². The van der Waals surface area contributed by atoms with Crippen molar-refractivity contribution in [1.29, 1.82) is 0 Å². The Labute approximate surface area is 343 Å². The number of nitrogens with one attached hydrogen (secondary N) is 4. The molecule has 2 saturated heterocycles. The maximum absolute atomic E-state index is 12.5. The third-order valence-electron chi connectivity index (χ3n) is 9.01. The van der Waals surface area contributed by atoms with Gasteiger partial charge in [-0.25, -0.2) is 9.36 Å². The van der Waals surface area contributed by atoms with Gasteiger partial charge in [0.25, 0.3) is 11.8 Å². The number of ether oxygens (including phenoxy) is 4. The first-order valence-electron chi connectivity index (χ1n) is 18.7. The highest BCUT2D eigenvalue weighted by Crippen LogP contribution is 2.26. The van der Waals surface area contributed by atoms with E-state index in [9.17, 15) is 31.5 Å². The van der Waals surface area contributed by atoms with Gasteiger partial charge >= 0.3 is 13.0 Å². The number of carbonyl (C=O) groups is 2. The highest BCUT2D eigenvalue weighted by molar-refractivity contribution is 6.03. The summed E-state index contributed by atoms with van der Waals surface area (Å²) in [6.45, 7) is 1.52. The van der Waals surface area contributed by atoms with Crippen LogP contribution in [0.1, 0.15) is 44.3 Å². The fraction of sp³-hybridized carbons (Fsp3) is 0.250. The van der Waals surface area contributed by atoms with E-state index in [0.717, 1.165) is 43.4 Å². The number of hydrogen-bond donors (Lipinski definition) is 4. The molecule has 2 fully saturated rings. The average molecular weight is 849 g/mol. The number of halogens is 5. The molecule has 2 amide bonds. The fourth-order valence-corrected chi connectivity index (χ4v) is 6.12. The van der Waals surface area contributed by atoms with Crippen LogP contribution < -0.4 is 30.7 Å². The summed E-state index contributed by atoms with van der Waals surface area (Å²) in [7, 11) is 0. The highest BCUT2D eigenvalue weighted by atomic mass is 19.4. The van der Waals surface area contributed by atoms with Gasteiger partial charge in [0, 0.05) is 49.7 Å². The number of rotatable bonds is 11. The lowest BCUT2D eigenvalue weighted by molar-refractivity contribution is -0.274. The summed E-state index contributed by atoms with van der Waals surface area (Å²) in [5.41, 5.74) is 3.98. The van der Waals surface area contributed by atoms with E-state index in [1.54, 1.807) is 36.4 Å². The first-order chi connectivity index (χ1) is 29.5. The zero-order valence-corrected chi connectivity index (χ0v) is 31.9. The van der Waals surface area contributed by atoms with Crippen molar-refractivity contribution < 1.29 is 50.5 Å². The predicted octanol–water partition coefficient (Wildman–Crippen LogP) is 5.86. The molecule has 21 heteroatoms. The molecule has 2 aliphatic rings. The van der Waals surface area contributed by atoms with Crippen LogP contribution >= 0.6 is 0 Å². The lowest BCUT2D eigenvalue weighted by Crippen LogP contribution is -2.33. The van der Waals surface area contributed by atoms with Gasteiger partial charge in [0.15, 0.2) is 11.4 Å². The minimum absolute atomic E-state index is 0.00559. The summed E-state index contributed by atoms with van der Waals surface area (Å²) in [6, 6.07) is 25.8. The standard InChI is InChI=1S/C20H18F3N5O3.C20H19F2N5O3/c21-20(22,23)31-16-3-1-2-15(10-16)28-12-17(26-27-28)19(29)25-14-6-4-13(5-7-14)18-11-24-8-9-30-18;21-20(22)30-16-3-1-2-15(10-16)27-12-17(25-26-27)19(28)24-14-6-4-13(5-7-14)18-11-23-8-9-29-18/h1-7,10,12,18,24H,8-9,11H2,(H,25,29);1-7,10,12,18,20,23H,8-9,11H2,(H,24,28)/t2*18-/m11/s1. The molecule has 8 rings (SSSR count). The van der Waals surface area contributed by atoms with Crippen molar-refractivity contribution in [2.75, 3.05) is 50.0 Å². The molecule has 4 heterocycles. The quantitative estimate of drug-likeness (QED) is 0.114. The molecule has 4 aromatic carbocycles. The van der Waals surface area contributed by atoms with E-state index in [-0.39, 0.29) is 35.0 Å². The van der Waals surface area contributed by atoms with E-state index in [2.05, 4.69) is 51.4 Å². The van der Waals surface area contributed by atoms with Crippen molar-refractivity contribution in [3.8, 4) is 22.9 Å². The summed E-state index contributed by atoms with van der Waals surface area (Å²) in [6.07, 6.45) is -2.12.